The molecule has 34 heavy (non-hydrogen) atoms. The minimum Gasteiger partial charge on any atom is -0.377 e. The fourth-order valence-electron chi connectivity index (χ4n) is 3.64. The van der Waals surface area contributed by atoms with Crippen LogP contribution < -0.4 is 0 Å². The summed E-state index contributed by atoms with van der Waals surface area (Å²) in [6.45, 7) is 13.7. The number of hydrogen-bond acceptors (Lipinski definition) is 7. The van der Waals surface area contributed by atoms with E-state index >= 15 is 0 Å². The van der Waals surface area contributed by atoms with Gasteiger partial charge in [0.1, 0.15) is 6.10 Å². The van der Waals surface area contributed by atoms with Crippen LogP contribution in [-0.4, -0.2) is 85.4 Å². The average Bonchev–Trinajstić information content (AvgIpc) is 2.84. The van der Waals surface area contributed by atoms with Crippen molar-refractivity contribution in [2.45, 2.75) is 58.2 Å². The topological polar surface area (TPSA) is 64.6 Å². The summed E-state index contributed by atoms with van der Waals surface area (Å²) in [5.74, 6) is 0. The first-order chi connectivity index (χ1) is 16.6. The van der Waals surface area contributed by atoms with Crippen molar-refractivity contribution in [2.24, 2.45) is 0 Å². The standard InChI is InChI=1S/C27H46O7/c1-4-5-10-27(2,3)25-8-6-24(7-9-25)21-33-23-26-22-32-18-17-30-14-13-28-11-12-29-15-16-31-19-20-34-26/h6-9,26H,4-5,10-23H2,1-3H3. The second-order valence-corrected chi connectivity index (χ2v) is 9.22. The van der Waals surface area contributed by atoms with Crippen LogP contribution in [0.4, 0.5) is 0 Å². The second kappa shape index (κ2) is 18.2. The van der Waals surface area contributed by atoms with Gasteiger partial charge in [-0.1, -0.05) is 57.9 Å². The molecule has 1 aliphatic heterocycles. The minimum absolute atomic E-state index is 0.158. The summed E-state index contributed by atoms with van der Waals surface area (Å²) in [4.78, 5) is 0. The maximum Gasteiger partial charge on any atom is 0.104 e. The van der Waals surface area contributed by atoms with Crippen LogP contribution in [0, 0.1) is 0 Å². The molecule has 1 heterocycles. The zero-order valence-corrected chi connectivity index (χ0v) is 21.6. The second-order valence-electron chi connectivity index (χ2n) is 9.22. The minimum atomic E-state index is -0.158. The molecule has 1 aliphatic rings. The summed E-state index contributed by atoms with van der Waals surface area (Å²) in [6, 6.07) is 8.80. The van der Waals surface area contributed by atoms with Crippen LogP contribution in [0.3, 0.4) is 0 Å². The van der Waals surface area contributed by atoms with Crippen LogP contribution >= 0.6 is 0 Å². The zero-order valence-electron chi connectivity index (χ0n) is 21.6. The summed E-state index contributed by atoms with van der Waals surface area (Å²) in [6.07, 6.45) is 3.52. The highest BCUT2D eigenvalue weighted by atomic mass is 16.6. The van der Waals surface area contributed by atoms with E-state index in [0.29, 0.717) is 85.9 Å². The third-order valence-corrected chi connectivity index (χ3v) is 5.84. The molecule has 7 heteroatoms. The molecule has 0 aromatic heterocycles. The molecule has 0 aliphatic carbocycles. The van der Waals surface area contributed by atoms with Crippen molar-refractivity contribution in [3.05, 3.63) is 35.4 Å². The van der Waals surface area contributed by atoms with Crippen LogP contribution in [0.1, 0.15) is 51.2 Å². The lowest BCUT2D eigenvalue weighted by atomic mass is 9.80. The van der Waals surface area contributed by atoms with Gasteiger partial charge in [-0.05, 0) is 23.0 Å². The Hall–Kier alpha value is -1.06. The summed E-state index contributed by atoms with van der Waals surface area (Å²) in [5, 5.41) is 0. The fourth-order valence-corrected chi connectivity index (χ4v) is 3.64. The molecule has 0 spiro atoms. The Kier molecular flexibility index (Phi) is 15.7. The SMILES string of the molecule is CCCCC(C)(C)c1ccc(COCC2COCCOCCOCCOCCOCCO2)cc1. The summed E-state index contributed by atoms with van der Waals surface area (Å²) in [7, 11) is 0. The first kappa shape index (κ1) is 29.2. The van der Waals surface area contributed by atoms with E-state index < -0.39 is 0 Å². The van der Waals surface area contributed by atoms with Gasteiger partial charge in [-0.15, -0.1) is 0 Å². The molecule has 1 unspecified atom stereocenters. The van der Waals surface area contributed by atoms with Gasteiger partial charge < -0.3 is 33.2 Å². The molecule has 7 nitrogen and oxygen atoms in total. The van der Waals surface area contributed by atoms with Crippen molar-refractivity contribution in [3.8, 4) is 0 Å². The predicted molar refractivity (Wildman–Crippen MR) is 132 cm³/mol. The monoisotopic (exact) mass is 482 g/mol. The van der Waals surface area contributed by atoms with E-state index in [1.165, 1.54) is 24.8 Å². The molecule has 0 radical (unpaired) electrons. The van der Waals surface area contributed by atoms with Gasteiger partial charge in [0, 0.05) is 0 Å². The van der Waals surface area contributed by atoms with E-state index in [2.05, 4.69) is 45.0 Å². The molecule has 1 fully saturated rings. The molecule has 1 aromatic carbocycles. The van der Waals surface area contributed by atoms with Crippen LogP contribution in [0.15, 0.2) is 24.3 Å². The first-order valence-electron chi connectivity index (χ1n) is 12.8. The van der Waals surface area contributed by atoms with Crippen molar-refractivity contribution >= 4 is 0 Å². The van der Waals surface area contributed by atoms with Crippen LogP contribution in [0.25, 0.3) is 0 Å². The number of rotatable bonds is 8. The van der Waals surface area contributed by atoms with E-state index in [1.54, 1.807) is 0 Å². The van der Waals surface area contributed by atoms with E-state index in [-0.39, 0.29) is 11.5 Å². The zero-order chi connectivity index (χ0) is 24.3. The maximum atomic E-state index is 5.97. The smallest absolute Gasteiger partial charge is 0.104 e. The molecule has 0 N–H and O–H groups in total. The summed E-state index contributed by atoms with van der Waals surface area (Å²) in [5.41, 5.74) is 2.74. The molecule has 2 rings (SSSR count). The van der Waals surface area contributed by atoms with Crippen molar-refractivity contribution in [1.82, 2.24) is 0 Å². The van der Waals surface area contributed by atoms with E-state index in [9.17, 15) is 0 Å². The van der Waals surface area contributed by atoms with Gasteiger partial charge in [0.25, 0.3) is 0 Å². The highest BCUT2D eigenvalue weighted by Gasteiger charge is 2.19. The highest BCUT2D eigenvalue weighted by molar-refractivity contribution is 5.27. The molecular formula is C27H46O7. The van der Waals surface area contributed by atoms with Gasteiger partial charge in [0.05, 0.1) is 85.9 Å². The molecule has 1 saturated heterocycles. The Morgan fingerprint density at radius 2 is 1.29 bits per heavy atom. The Labute approximate surface area is 206 Å². The largest absolute Gasteiger partial charge is 0.377 e. The molecular weight excluding hydrogens is 436 g/mol. The van der Waals surface area contributed by atoms with Gasteiger partial charge in [-0.3, -0.25) is 0 Å². The normalized spacial score (nSPS) is 21.0. The predicted octanol–water partition coefficient (Wildman–Crippen LogP) is 4.15. The molecule has 196 valence electrons. The number of benzene rings is 1. The van der Waals surface area contributed by atoms with Crippen molar-refractivity contribution < 1.29 is 33.2 Å². The third-order valence-electron chi connectivity index (χ3n) is 5.84. The van der Waals surface area contributed by atoms with Gasteiger partial charge in [-0.2, -0.15) is 0 Å². The van der Waals surface area contributed by atoms with E-state index in [1.807, 2.05) is 0 Å². The molecule has 0 bridgehead atoms. The Bertz CT molecular complexity index is 588. The van der Waals surface area contributed by atoms with Crippen molar-refractivity contribution in [3.63, 3.8) is 0 Å². The molecule has 0 saturated carbocycles. The number of hydrogen-bond donors (Lipinski definition) is 0. The Morgan fingerprint density at radius 3 is 1.85 bits per heavy atom. The number of unbranched alkanes of at least 4 members (excludes halogenated alkanes) is 1. The van der Waals surface area contributed by atoms with Crippen LogP contribution in [0.5, 0.6) is 0 Å². The van der Waals surface area contributed by atoms with Gasteiger partial charge >= 0.3 is 0 Å². The number of ether oxygens (including phenoxy) is 7. The van der Waals surface area contributed by atoms with Gasteiger partial charge in [0.15, 0.2) is 0 Å². The van der Waals surface area contributed by atoms with Crippen LogP contribution in [0.2, 0.25) is 0 Å². The summed E-state index contributed by atoms with van der Waals surface area (Å²) >= 11 is 0. The summed E-state index contributed by atoms with van der Waals surface area (Å²) < 4.78 is 39.7. The lowest BCUT2D eigenvalue weighted by molar-refractivity contribution is -0.0865. The van der Waals surface area contributed by atoms with E-state index in [4.69, 9.17) is 33.2 Å². The van der Waals surface area contributed by atoms with Crippen molar-refractivity contribution in [1.29, 1.82) is 0 Å². The van der Waals surface area contributed by atoms with E-state index in [0.717, 1.165) is 5.56 Å². The first-order valence-corrected chi connectivity index (χ1v) is 12.8. The fraction of sp³-hybridized carbons (Fsp3) is 0.778. The lowest BCUT2D eigenvalue weighted by Crippen LogP contribution is -2.28. The third kappa shape index (κ3) is 13.1. The Morgan fingerprint density at radius 1 is 0.765 bits per heavy atom. The molecule has 0 amide bonds. The lowest BCUT2D eigenvalue weighted by Gasteiger charge is -2.25. The van der Waals surface area contributed by atoms with Crippen molar-refractivity contribution in [2.75, 3.05) is 79.3 Å². The Balaban J connectivity index is 1.74. The highest BCUT2D eigenvalue weighted by Crippen LogP contribution is 2.29. The van der Waals surface area contributed by atoms with Crippen LogP contribution in [-0.2, 0) is 45.2 Å². The average molecular weight is 483 g/mol. The van der Waals surface area contributed by atoms with Gasteiger partial charge in [-0.25, -0.2) is 0 Å². The quantitative estimate of drug-likeness (QED) is 0.551. The molecule has 1 atom stereocenters. The van der Waals surface area contributed by atoms with Gasteiger partial charge in [0.2, 0.25) is 0 Å². The molecule has 1 aromatic rings. The maximum absolute atomic E-state index is 5.97.